The zero-order valence-electron chi connectivity index (χ0n) is 7.36. The van der Waals surface area contributed by atoms with Gasteiger partial charge in [0.2, 0.25) is 0 Å². The van der Waals surface area contributed by atoms with Crippen LogP contribution in [0.5, 0.6) is 0 Å². The molecule has 0 bridgehead atoms. The summed E-state index contributed by atoms with van der Waals surface area (Å²) in [6.45, 7) is 0.834. The van der Waals surface area contributed by atoms with Crippen molar-refractivity contribution in [2.75, 3.05) is 13.6 Å². The molecule has 4 heteroatoms. The van der Waals surface area contributed by atoms with Crippen LogP contribution in [0.25, 0.3) is 0 Å². The third kappa shape index (κ3) is 1.36. The van der Waals surface area contributed by atoms with Gasteiger partial charge in [-0.15, -0.1) is 11.3 Å². The molecule has 13 heavy (non-hydrogen) atoms. The van der Waals surface area contributed by atoms with Crippen LogP contribution >= 0.6 is 11.3 Å². The minimum absolute atomic E-state index is 0.427. The molecule has 0 saturated carbocycles. The second kappa shape index (κ2) is 3.12. The number of carbonyl (C=O) groups is 1. The lowest BCUT2D eigenvalue weighted by molar-refractivity contribution is -0.143. The fourth-order valence-electron chi connectivity index (χ4n) is 1.72. The predicted octanol–water partition coefficient (Wildman–Crippen LogP) is 1.36. The van der Waals surface area contributed by atoms with Crippen LogP contribution < -0.4 is 0 Å². The van der Waals surface area contributed by atoms with Crippen LogP contribution in [-0.4, -0.2) is 29.6 Å². The van der Waals surface area contributed by atoms with Crippen molar-refractivity contribution in [1.82, 2.24) is 4.90 Å². The molecule has 0 spiro atoms. The van der Waals surface area contributed by atoms with E-state index in [1.165, 1.54) is 5.56 Å². The van der Waals surface area contributed by atoms with Gasteiger partial charge in [0, 0.05) is 11.4 Å². The van der Waals surface area contributed by atoms with E-state index in [4.69, 9.17) is 5.11 Å². The topological polar surface area (TPSA) is 40.5 Å². The number of aliphatic carboxylic acids is 1. The molecule has 70 valence electrons. The van der Waals surface area contributed by atoms with E-state index < -0.39 is 12.0 Å². The van der Waals surface area contributed by atoms with E-state index in [1.54, 1.807) is 11.3 Å². The first kappa shape index (κ1) is 8.72. The van der Waals surface area contributed by atoms with Crippen molar-refractivity contribution >= 4 is 17.3 Å². The van der Waals surface area contributed by atoms with Crippen molar-refractivity contribution in [1.29, 1.82) is 0 Å². The van der Waals surface area contributed by atoms with Gasteiger partial charge in [-0.1, -0.05) is 0 Å². The standard InChI is InChI=1S/C9H11NO2S/c1-10-4-2-6-3-5-13-8(6)7(10)9(11)12/h3,5,7H,2,4H2,1H3,(H,11,12). The predicted molar refractivity (Wildman–Crippen MR) is 51.0 cm³/mol. The molecule has 1 aromatic rings. The van der Waals surface area contributed by atoms with E-state index in [9.17, 15) is 4.79 Å². The number of carboxylic acid groups (broad SMARTS) is 1. The summed E-state index contributed by atoms with van der Waals surface area (Å²) in [5.74, 6) is -0.745. The molecule has 1 N–H and O–H groups in total. The monoisotopic (exact) mass is 197 g/mol. The van der Waals surface area contributed by atoms with E-state index in [0.717, 1.165) is 17.8 Å². The van der Waals surface area contributed by atoms with E-state index in [-0.39, 0.29) is 0 Å². The molecule has 1 aliphatic rings. The van der Waals surface area contributed by atoms with Crippen LogP contribution in [0.15, 0.2) is 11.4 Å². The Kier molecular flexibility index (Phi) is 2.09. The summed E-state index contributed by atoms with van der Waals surface area (Å²) in [6, 6.07) is 1.60. The van der Waals surface area contributed by atoms with E-state index in [1.807, 2.05) is 23.4 Å². The quantitative estimate of drug-likeness (QED) is 0.739. The molecule has 0 saturated heterocycles. The zero-order chi connectivity index (χ0) is 9.42. The summed E-state index contributed by atoms with van der Waals surface area (Å²) in [4.78, 5) is 13.9. The van der Waals surface area contributed by atoms with E-state index in [0.29, 0.717) is 0 Å². The van der Waals surface area contributed by atoms with Gasteiger partial charge in [0.1, 0.15) is 6.04 Å². The normalized spacial score (nSPS) is 22.7. The molecule has 1 aliphatic heterocycles. The summed E-state index contributed by atoms with van der Waals surface area (Å²) in [7, 11) is 1.86. The number of likely N-dealkylation sites (N-methyl/N-ethyl adjacent to an activating group) is 1. The average Bonchev–Trinajstić information content (AvgIpc) is 2.50. The lowest BCUT2D eigenvalue weighted by Gasteiger charge is -2.29. The highest BCUT2D eigenvalue weighted by Crippen LogP contribution is 2.32. The molecule has 0 fully saturated rings. The van der Waals surface area contributed by atoms with Crippen LogP contribution in [0.4, 0.5) is 0 Å². The van der Waals surface area contributed by atoms with Crippen LogP contribution in [0.2, 0.25) is 0 Å². The summed E-state index contributed by atoms with van der Waals surface area (Å²) < 4.78 is 0. The smallest absolute Gasteiger partial charge is 0.326 e. The maximum absolute atomic E-state index is 11.0. The minimum Gasteiger partial charge on any atom is -0.480 e. The Bertz CT molecular complexity index is 334. The van der Waals surface area contributed by atoms with Crippen LogP contribution in [0.1, 0.15) is 16.5 Å². The maximum Gasteiger partial charge on any atom is 0.326 e. The van der Waals surface area contributed by atoms with Gasteiger partial charge in [-0.25, -0.2) is 0 Å². The van der Waals surface area contributed by atoms with Gasteiger partial charge in [-0.2, -0.15) is 0 Å². The molecule has 0 amide bonds. The Balaban J connectivity index is 2.41. The Hall–Kier alpha value is -0.870. The summed E-state index contributed by atoms with van der Waals surface area (Å²) in [5, 5.41) is 11.0. The van der Waals surface area contributed by atoms with Gasteiger partial charge in [0.05, 0.1) is 0 Å². The Labute approximate surface area is 80.6 Å². The van der Waals surface area contributed by atoms with Gasteiger partial charge in [-0.3, -0.25) is 9.69 Å². The fraction of sp³-hybridized carbons (Fsp3) is 0.444. The summed E-state index contributed by atoms with van der Waals surface area (Å²) >= 11 is 1.54. The molecule has 2 heterocycles. The number of nitrogens with zero attached hydrogens (tertiary/aromatic N) is 1. The number of hydrogen-bond donors (Lipinski definition) is 1. The highest BCUT2D eigenvalue weighted by molar-refractivity contribution is 7.10. The molecule has 1 atom stereocenters. The third-order valence-corrected chi connectivity index (χ3v) is 3.45. The van der Waals surface area contributed by atoms with E-state index in [2.05, 4.69) is 0 Å². The number of carboxylic acids is 1. The fourth-order valence-corrected chi connectivity index (χ4v) is 2.83. The number of fused-ring (bicyclic) bond motifs is 1. The van der Waals surface area contributed by atoms with Crippen molar-refractivity contribution in [3.8, 4) is 0 Å². The third-order valence-electron chi connectivity index (χ3n) is 2.44. The second-order valence-corrected chi connectivity index (χ2v) is 4.23. The summed E-state index contributed by atoms with van der Waals surface area (Å²) in [5.41, 5.74) is 1.20. The van der Waals surface area contributed by atoms with Gasteiger partial charge >= 0.3 is 5.97 Å². The zero-order valence-corrected chi connectivity index (χ0v) is 8.17. The minimum atomic E-state index is -0.745. The first-order valence-corrected chi connectivity index (χ1v) is 5.07. The van der Waals surface area contributed by atoms with Crippen molar-refractivity contribution in [3.63, 3.8) is 0 Å². The lowest BCUT2D eigenvalue weighted by atomic mass is 10.0. The second-order valence-electron chi connectivity index (χ2n) is 3.28. The van der Waals surface area contributed by atoms with Crippen molar-refractivity contribution in [2.24, 2.45) is 0 Å². The Morgan fingerprint density at radius 1 is 1.77 bits per heavy atom. The van der Waals surface area contributed by atoms with Crippen LogP contribution in [0.3, 0.4) is 0 Å². The van der Waals surface area contributed by atoms with Gasteiger partial charge in [0.15, 0.2) is 0 Å². The first-order valence-electron chi connectivity index (χ1n) is 4.19. The molecular formula is C9H11NO2S. The average molecular weight is 197 g/mol. The highest BCUT2D eigenvalue weighted by Gasteiger charge is 2.31. The molecule has 1 unspecified atom stereocenters. The van der Waals surface area contributed by atoms with Crippen molar-refractivity contribution in [3.05, 3.63) is 21.9 Å². The molecule has 3 nitrogen and oxygen atoms in total. The SMILES string of the molecule is CN1CCc2ccsc2C1C(=O)O. The first-order chi connectivity index (χ1) is 6.20. The molecular weight excluding hydrogens is 186 g/mol. The highest BCUT2D eigenvalue weighted by atomic mass is 32.1. The van der Waals surface area contributed by atoms with Gasteiger partial charge < -0.3 is 5.11 Å². The molecule has 0 aromatic carbocycles. The lowest BCUT2D eigenvalue weighted by Crippen LogP contribution is -2.35. The summed E-state index contributed by atoms with van der Waals surface area (Å²) in [6.07, 6.45) is 0.971. The van der Waals surface area contributed by atoms with Gasteiger partial charge in [0.25, 0.3) is 0 Å². The molecule has 0 aliphatic carbocycles. The van der Waals surface area contributed by atoms with Crippen LogP contribution in [-0.2, 0) is 11.2 Å². The van der Waals surface area contributed by atoms with Gasteiger partial charge in [-0.05, 0) is 30.5 Å². The maximum atomic E-state index is 11.0. The van der Waals surface area contributed by atoms with Crippen molar-refractivity contribution < 1.29 is 9.90 Å². The van der Waals surface area contributed by atoms with E-state index >= 15 is 0 Å². The number of hydrogen-bond acceptors (Lipinski definition) is 3. The Morgan fingerprint density at radius 3 is 3.23 bits per heavy atom. The van der Waals surface area contributed by atoms with Crippen LogP contribution in [0, 0.1) is 0 Å². The Morgan fingerprint density at radius 2 is 2.54 bits per heavy atom. The molecule has 2 rings (SSSR count). The molecule has 0 radical (unpaired) electrons. The number of rotatable bonds is 1. The molecule has 1 aromatic heterocycles. The number of thiophene rings is 1. The largest absolute Gasteiger partial charge is 0.480 e. The van der Waals surface area contributed by atoms with Crippen molar-refractivity contribution in [2.45, 2.75) is 12.5 Å².